The van der Waals surface area contributed by atoms with Crippen LogP contribution in [0.5, 0.6) is 11.5 Å². The summed E-state index contributed by atoms with van der Waals surface area (Å²) in [5.74, 6) is 0.287. The van der Waals surface area contributed by atoms with Crippen LogP contribution in [0.3, 0.4) is 0 Å². The molecule has 0 spiro atoms. The molecule has 0 aliphatic rings. The average molecular weight is 339 g/mol. The molecule has 2 N–H and O–H groups in total. The minimum atomic E-state index is -0.475. The number of halogens is 2. The van der Waals surface area contributed by atoms with E-state index in [1.54, 1.807) is 18.3 Å². The molecule has 3 nitrogen and oxygen atoms in total. The first-order valence-corrected chi connectivity index (χ1v) is 7.20. The van der Waals surface area contributed by atoms with Gasteiger partial charge in [-0.25, -0.2) is 4.39 Å². The number of rotatable bonds is 4. The Bertz CT molecular complexity index is 617. The van der Waals surface area contributed by atoms with E-state index in [2.05, 4.69) is 20.9 Å². The van der Waals surface area contributed by atoms with E-state index in [9.17, 15) is 4.39 Å². The van der Waals surface area contributed by atoms with E-state index >= 15 is 0 Å². The van der Waals surface area contributed by atoms with Gasteiger partial charge < -0.3 is 10.5 Å². The highest BCUT2D eigenvalue weighted by molar-refractivity contribution is 9.09. The third-order valence-corrected chi connectivity index (χ3v) is 3.23. The molecule has 0 aliphatic carbocycles. The van der Waals surface area contributed by atoms with Gasteiger partial charge in [-0.15, -0.1) is 0 Å². The lowest BCUT2D eigenvalue weighted by Gasteiger charge is -2.13. The van der Waals surface area contributed by atoms with Crippen LogP contribution in [-0.2, 0) is 6.42 Å². The van der Waals surface area contributed by atoms with Crippen molar-refractivity contribution < 1.29 is 9.13 Å². The van der Waals surface area contributed by atoms with Crippen LogP contribution in [0.25, 0.3) is 0 Å². The molecule has 0 fully saturated rings. The van der Waals surface area contributed by atoms with Crippen molar-refractivity contribution in [2.75, 3.05) is 5.73 Å². The van der Waals surface area contributed by atoms with E-state index in [0.29, 0.717) is 16.3 Å². The zero-order chi connectivity index (χ0) is 14.7. The fourth-order valence-corrected chi connectivity index (χ4v) is 2.17. The summed E-state index contributed by atoms with van der Waals surface area (Å²) in [5.41, 5.74) is 7.73. The molecule has 20 heavy (non-hydrogen) atoms. The fourth-order valence-electron chi connectivity index (χ4n) is 1.86. The number of nitrogens with zero attached hydrogens (tertiary/aromatic N) is 1. The quantitative estimate of drug-likeness (QED) is 0.670. The number of aromatic nitrogens is 1. The molecule has 1 unspecified atom stereocenters. The number of nitrogen functional groups attached to an aromatic ring is 1. The van der Waals surface area contributed by atoms with Crippen LogP contribution in [-0.4, -0.2) is 9.81 Å². The van der Waals surface area contributed by atoms with Gasteiger partial charge in [0, 0.05) is 40.5 Å². The van der Waals surface area contributed by atoms with Gasteiger partial charge in [-0.3, -0.25) is 4.98 Å². The maximum Gasteiger partial charge on any atom is 0.167 e. The van der Waals surface area contributed by atoms with E-state index in [0.717, 1.165) is 17.7 Å². The van der Waals surface area contributed by atoms with Crippen molar-refractivity contribution >= 4 is 21.6 Å². The van der Waals surface area contributed by atoms with Gasteiger partial charge in [0.05, 0.1) is 0 Å². The van der Waals surface area contributed by atoms with Gasteiger partial charge >= 0.3 is 0 Å². The molecule has 1 heterocycles. The summed E-state index contributed by atoms with van der Waals surface area (Å²) in [7, 11) is 0. The Kier molecular flexibility index (Phi) is 4.60. The summed E-state index contributed by atoms with van der Waals surface area (Å²) in [4.78, 5) is 4.65. The van der Waals surface area contributed by atoms with Gasteiger partial charge in [-0.2, -0.15) is 0 Å². The Hall–Kier alpha value is -1.62. The number of hydrogen-bond donors (Lipinski definition) is 1. The van der Waals surface area contributed by atoms with E-state index in [-0.39, 0.29) is 5.75 Å². The molecule has 0 saturated heterocycles. The number of nitrogens with two attached hydrogens (primary N) is 1. The van der Waals surface area contributed by atoms with Crippen LogP contribution in [0.4, 0.5) is 10.1 Å². The first-order chi connectivity index (χ1) is 9.47. The number of anilines is 1. The third-order valence-electron chi connectivity index (χ3n) is 2.91. The second kappa shape index (κ2) is 6.22. The number of benzene rings is 1. The number of ether oxygens (including phenoxy) is 1. The lowest BCUT2D eigenvalue weighted by Crippen LogP contribution is -2.03. The van der Waals surface area contributed by atoms with E-state index in [1.165, 1.54) is 12.1 Å². The molecule has 0 saturated carbocycles. The SMILES string of the molecule is Cc1c(Oc2ccc(N)cc2F)ccnc1CC(C)Br. The molecule has 1 atom stereocenters. The predicted molar refractivity (Wildman–Crippen MR) is 82.0 cm³/mol. The number of hydrogen-bond acceptors (Lipinski definition) is 3. The topological polar surface area (TPSA) is 48.1 Å². The van der Waals surface area contributed by atoms with Crippen LogP contribution in [0.15, 0.2) is 30.5 Å². The summed E-state index contributed by atoms with van der Waals surface area (Å²) in [5, 5.41) is 0. The molecule has 0 amide bonds. The van der Waals surface area contributed by atoms with Gasteiger partial charge in [-0.1, -0.05) is 22.9 Å². The Morgan fingerprint density at radius 1 is 1.35 bits per heavy atom. The summed E-state index contributed by atoms with van der Waals surface area (Å²) >= 11 is 3.50. The first-order valence-electron chi connectivity index (χ1n) is 6.29. The Balaban J connectivity index is 2.29. The van der Waals surface area contributed by atoms with Crippen molar-refractivity contribution in [1.29, 1.82) is 0 Å². The second-order valence-corrected chi connectivity index (χ2v) is 6.22. The zero-order valence-corrected chi connectivity index (χ0v) is 12.9. The maximum atomic E-state index is 13.8. The normalized spacial score (nSPS) is 12.2. The smallest absolute Gasteiger partial charge is 0.167 e. The van der Waals surface area contributed by atoms with E-state index in [1.807, 2.05) is 13.8 Å². The molecule has 1 aromatic heterocycles. The van der Waals surface area contributed by atoms with E-state index < -0.39 is 5.82 Å². The van der Waals surface area contributed by atoms with Gasteiger partial charge in [0.2, 0.25) is 0 Å². The van der Waals surface area contributed by atoms with Crippen molar-refractivity contribution in [1.82, 2.24) is 4.98 Å². The van der Waals surface area contributed by atoms with Gasteiger partial charge in [0.1, 0.15) is 5.75 Å². The van der Waals surface area contributed by atoms with Crippen molar-refractivity contribution in [2.45, 2.75) is 25.1 Å². The largest absolute Gasteiger partial charge is 0.454 e. The highest BCUT2D eigenvalue weighted by atomic mass is 79.9. The Morgan fingerprint density at radius 3 is 2.75 bits per heavy atom. The molecule has 5 heteroatoms. The molecular formula is C15H16BrFN2O. The molecule has 0 aliphatic heterocycles. The monoisotopic (exact) mass is 338 g/mol. The van der Waals surface area contributed by atoms with Crippen molar-refractivity contribution in [2.24, 2.45) is 0 Å². The van der Waals surface area contributed by atoms with Gasteiger partial charge in [0.25, 0.3) is 0 Å². The van der Waals surface area contributed by atoms with Gasteiger partial charge in [-0.05, 0) is 25.1 Å². The summed E-state index contributed by atoms with van der Waals surface area (Å²) in [6, 6.07) is 6.11. The summed E-state index contributed by atoms with van der Waals surface area (Å²) in [6.45, 7) is 3.97. The molecule has 2 rings (SSSR count). The third kappa shape index (κ3) is 3.48. The number of pyridine rings is 1. The Labute approximate surface area is 126 Å². The van der Waals surface area contributed by atoms with Crippen molar-refractivity contribution in [3.05, 3.63) is 47.5 Å². The van der Waals surface area contributed by atoms with Crippen molar-refractivity contribution in [3.63, 3.8) is 0 Å². The zero-order valence-electron chi connectivity index (χ0n) is 11.4. The highest BCUT2D eigenvalue weighted by Gasteiger charge is 2.11. The standard InChI is InChI=1S/C15H16BrFN2O/c1-9(16)7-13-10(2)14(5-6-19-13)20-15-4-3-11(18)8-12(15)17/h3-6,8-9H,7,18H2,1-2H3. The fraction of sp³-hybridized carbons (Fsp3) is 0.267. The molecule has 0 bridgehead atoms. The molecule has 106 valence electrons. The highest BCUT2D eigenvalue weighted by Crippen LogP contribution is 2.29. The first kappa shape index (κ1) is 14.8. The average Bonchev–Trinajstić information content (AvgIpc) is 2.36. The summed E-state index contributed by atoms with van der Waals surface area (Å²) in [6.07, 6.45) is 2.45. The van der Waals surface area contributed by atoms with E-state index in [4.69, 9.17) is 10.5 Å². The van der Waals surface area contributed by atoms with Crippen molar-refractivity contribution in [3.8, 4) is 11.5 Å². The van der Waals surface area contributed by atoms with Crippen LogP contribution in [0.2, 0.25) is 0 Å². The van der Waals surface area contributed by atoms with Crippen LogP contribution < -0.4 is 10.5 Å². The van der Waals surface area contributed by atoms with Crippen LogP contribution in [0, 0.1) is 12.7 Å². The van der Waals surface area contributed by atoms with Crippen LogP contribution >= 0.6 is 15.9 Å². The lowest BCUT2D eigenvalue weighted by atomic mass is 10.1. The molecule has 1 aromatic carbocycles. The maximum absolute atomic E-state index is 13.8. The second-order valence-electron chi connectivity index (χ2n) is 4.66. The van der Waals surface area contributed by atoms with Gasteiger partial charge in [0.15, 0.2) is 11.6 Å². The van der Waals surface area contributed by atoms with Crippen LogP contribution in [0.1, 0.15) is 18.2 Å². The summed E-state index contributed by atoms with van der Waals surface area (Å²) < 4.78 is 19.4. The molecular weight excluding hydrogens is 323 g/mol. The minimum absolute atomic E-state index is 0.159. The number of alkyl halides is 1. The minimum Gasteiger partial charge on any atom is -0.454 e. The Morgan fingerprint density at radius 2 is 2.10 bits per heavy atom. The molecule has 0 radical (unpaired) electrons. The molecule has 2 aromatic rings. The predicted octanol–water partition coefficient (Wildman–Crippen LogP) is 4.23. The lowest BCUT2D eigenvalue weighted by molar-refractivity contribution is 0.438.